The Labute approximate surface area is 168 Å². The van der Waals surface area contributed by atoms with Crippen LogP contribution in [0, 0.1) is 5.92 Å². The molecule has 1 amide bonds. The molecule has 0 aliphatic heterocycles. The van der Waals surface area contributed by atoms with Crippen LogP contribution in [0.25, 0.3) is 33.4 Å². The van der Waals surface area contributed by atoms with Gasteiger partial charge in [-0.2, -0.15) is 5.10 Å². The van der Waals surface area contributed by atoms with Crippen LogP contribution in [-0.4, -0.2) is 32.7 Å². The Balaban J connectivity index is 1.65. The summed E-state index contributed by atoms with van der Waals surface area (Å²) in [7, 11) is 0. The largest absolute Gasteiger partial charge is 0.507 e. The predicted molar refractivity (Wildman–Crippen MR) is 114 cm³/mol. The quantitative estimate of drug-likeness (QED) is 0.475. The maximum absolute atomic E-state index is 12.2. The molecule has 2 aromatic heterocycles. The standard InChI is InChI=1S/C23H22N4O2/c1-14(2)12-25-23(29)16-9-7-15(8-10-16)17-11-19-21(26-27-22(19)24-13-17)18-5-3-4-6-20(18)28/h3-11,13-14,28H,12H2,1-2H3,(H,25,29)(H,24,26,27). The van der Waals surface area contributed by atoms with E-state index in [1.807, 2.05) is 42.5 Å². The van der Waals surface area contributed by atoms with E-state index in [1.54, 1.807) is 18.3 Å². The molecular weight excluding hydrogens is 364 g/mol. The van der Waals surface area contributed by atoms with Crippen molar-refractivity contribution < 1.29 is 9.90 Å². The Morgan fingerprint density at radius 3 is 2.59 bits per heavy atom. The molecule has 0 aliphatic carbocycles. The summed E-state index contributed by atoms with van der Waals surface area (Å²) < 4.78 is 0. The number of nitrogens with one attached hydrogen (secondary N) is 2. The molecule has 0 fully saturated rings. The van der Waals surface area contributed by atoms with Crippen LogP contribution in [0.5, 0.6) is 5.75 Å². The second-order valence-corrected chi connectivity index (χ2v) is 7.39. The average Bonchev–Trinajstić information content (AvgIpc) is 3.15. The van der Waals surface area contributed by atoms with Crippen LogP contribution in [0.4, 0.5) is 0 Å². The highest BCUT2D eigenvalue weighted by molar-refractivity contribution is 5.96. The number of aromatic hydroxyl groups is 1. The molecule has 0 aliphatic rings. The molecule has 0 saturated carbocycles. The first-order valence-electron chi connectivity index (χ1n) is 9.54. The van der Waals surface area contributed by atoms with Crippen LogP contribution in [0.15, 0.2) is 60.8 Å². The summed E-state index contributed by atoms with van der Waals surface area (Å²) in [5.41, 5.74) is 4.43. The highest BCUT2D eigenvalue weighted by atomic mass is 16.3. The molecule has 4 aromatic rings. The van der Waals surface area contributed by atoms with E-state index in [9.17, 15) is 9.90 Å². The summed E-state index contributed by atoms with van der Waals surface area (Å²) in [6, 6.07) is 16.5. The number of hydrogen-bond donors (Lipinski definition) is 3. The van der Waals surface area contributed by atoms with Gasteiger partial charge in [-0.15, -0.1) is 0 Å². The van der Waals surface area contributed by atoms with Gasteiger partial charge in [0, 0.05) is 34.8 Å². The summed E-state index contributed by atoms with van der Waals surface area (Å²) in [5.74, 6) is 0.503. The Kier molecular flexibility index (Phi) is 4.99. The Bertz CT molecular complexity index is 1160. The van der Waals surface area contributed by atoms with E-state index in [0.717, 1.165) is 16.5 Å². The Morgan fingerprint density at radius 1 is 1.10 bits per heavy atom. The van der Waals surface area contributed by atoms with Crippen LogP contribution < -0.4 is 5.32 Å². The van der Waals surface area contributed by atoms with Gasteiger partial charge < -0.3 is 10.4 Å². The Hall–Kier alpha value is -3.67. The van der Waals surface area contributed by atoms with Crippen molar-refractivity contribution in [1.82, 2.24) is 20.5 Å². The van der Waals surface area contributed by atoms with E-state index >= 15 is 0 Å². The number of pyridine rings is 1. The smallest absolute Gasteiger partial charge is 0.251 e. The van der Waals surface area contributed by atoms with Gasteiger partial charge in [0.15, 0.2) is 5.65 Å². The fraction of sp³-hybridized carbons (Fsp3) is 0.174. The first-order chi connectivity index (χ1) is 14.0. The second-order valence-electron chi connectivity index (χ2n) is 7.39. The number of phenolic OH excluding ortho intramolecular Hbond substituents is 1. The zero-order chi connectivity index (χ0) is 20.4. The van der Waals surface area contributed by atoms with Gasteiger partial charge in [0.05, 0.1) is 0 Å². The number of rotatable bonds is 5. The van der Waals surface area contributed by atoms with Crippen LogP contribution >= 0.6 is 0 Å². The van der Waals surface area contributed by atoms with Crippen molar-refractivity contribution in [2.45, 2.75) is 13.8 Å². The fourth-order valence-corrected chi connectivity index (χ4v) is 3.15. The predicted octanol–water partition coefficient (Wildman–Crippen LogP) is 4.38. The maximum atomic E-state index is 12.2. The minimum Gasteiger partial charge on any atom is -0.507 e. The lowest BCUT2D eigenvalue weighted by molar-refractivity contribution is 0.0949. The third-order valence-electron chi connectivity index (χ3n) is 4.73. The molecule has 3 N–H and O–H groups in total. The highest BCUT2D eigenvalue weighted by Crippen LogP contribution is 2.33. The SMILES string of the molecule is CC(C)CNC(=O)c1ccc(-c2cnc3[nH]nc(-c4ccccc4O)c3c2)cc1. The number of amides is 1. The van der Waals surface area contributed by atoms with Gasteiger partial charge in [-0.05, 0) is 41.8 Å². The number of fused-ring (bicyclic) bond motifs is 1. The minimum absolute atomic E-state index is 0.0736. The van der Waals surface area contributed by atoms with Crippen LogP contribution in [-0.2, 0) is 0 Å². The van der Waals surface area contributed by atoms with Gasteiger partial charge in [0.25, 0.3) is 5.91 Å². The van der Waals surface area contributed by atoms with Gasteiger partial charge in [-0.3, -0.25) is 9.89 Å². The van der Waals surface area contributed by atoms with Crippen LogP contribution in [0.2, 0.25) is 0 Å². The van der Waals surface area contributed by atoms with Crippen molar-refractivity contribution >= 4 is 16.9 Å². The summed E-state index contributed by atoms with van der Waals surface area (Å²) in [6.45, 7) is 4.77. The zero-order valence-corrected chi connectivity index (χ0v) is 16.3. The molecule has 0 spiro atoms. The van der Waals surface area contributed by atoms with Gasteiger partial charge in [-0.25, -0.2) is 4.98 Å². The van der Waals surface area contributed by atoms with Crippen molar-refractivity contribution in [3.8, 4) is 28.1 Å². The van der Waals surface area contributed by atoms with Crippen molar-refractivity contribution in [2.24, 2.45) is 5.92 Å². The molecule has 0 radical (unpaired) electrons. The molecular formula is C23H22N4O2. The number of H-pyrrole nitrogens is 1. The summed E-state index contributed by atoms with van der Waals surface area (Å²) >= 11 is 0. The van der Waals surface area contributed by atoms with E-state index < -0.39 is 0 Å². The van der Waals surface area contributed by atoms with Gasteiger partial charge >= 0.3 is 0 Å². The molecule has 0 unspecified atom stereocenters. The number of carbonyl (C=O) groups excluding carboxylic acids is 1. The molecule has 6 heteroatoms. The fourth-order valence-electron chi connectivity index (χ4n) is 3.15. The third kappa shape index (κ3) is 3.82. The van der Waals surface area contributed by atoms with E-state index in [0.29, 0.717) is 34.9 Å². The molecule has 29 heavy (non-hydrogen) atoms. The number of phenols is 1. The average molecular weight is 386 g/mol. The van der Waals surface area contributed by atoms with E-state index in [4.69, 9.17) is 0 Å². The number of aromatic nitrogens is 3. The number of aromatic amines is 1. The summed E-state index contributed by atoms with van der Waals surface area (Å²) in [5, 5.41) is 21.2. The van der Waals surface area contributed by atoms with Crippen molar-refractivity contribution in [1.29, 1.82) is 0 Å². The first-order valence-corrected chi connectivity index (χ1v) is 9.54. The third-order valence-corrected chi connectivity index (χ3v) is 4.73. The molecule has 2 aromatic carbocycles. The second kappa shape index (κ2) is 7.75. The lowest BCUT2D eigenvalue weighted by atomic mass is 10.0. The number of hydrogen-bond acceptors (Lipinski definition) is 4. The lowest BCUT2D eigenvalue weighted by Crippen LogP contribution is -2.27. The van der Waals surface area contributed by atoms with Gasteiger partial charge in [0.2, 0.25) is 0 Å². The molecule has 2 heterocycles. The lowest BCUT2D eigenvalue weighted by Gasteiger charge is -2.08. The topological polar surface area (TPSA) is 90.9 Å². The number of benzene rings is 2. The monoisotopic (exact) mass is 386 g/mol. The molecule has 4 rings (SSSR count). The Morgan fingerprint density at radius 2 is 1.86 bits per heavy atom. The zero-order valence-electron chi connectivity index (χ0n) is 16.3. The number of nitrogens with zero attached hydrogens (tertiary/aromatic N) is 2. The van der Waals surface area contributed by atoms with Gasteiger partial charge in [-0.1, -0.05) is 38.1 Å². The van der Waals surface area contributed by atoms with E-state index in [-0.39, 0.29) is 11.7 Å². The number of para-hydroxylation sites is 1. The molecule has 0 atom stereocenters. The molecule has 146 valence electrons. The van der Waals surface area contributed by atoms with E-state index in [2.05, 4.69) is 34.3 Å². The summed E-state index contributed by atoms with van der Waals surface area (Å²) in [6.07, 6.45) is 1.77. The normalized spacial score (nSPS) is 11.1. The van der Waals surface area contributed by atoms with Crippen molar-refractivity contribution in [2.75, 3.05) is 6.54 Å². The highest BCUT2D eigenvalue weighted by Gasteiger charge is 2.14. The minimum atomic E-state index is -0.0736. The van der Waals surface area contributed by atoms with Crippen LogP contribution in [0.3, 0.4) is 0 Å². The first kappa shape index (κ1) is 18.7. The molecule has 0 bridgehead atoms. The van der Waals surface area contributed by atoms with Crippen molar-refractivity contribution in [3.05, 3.63) is 66.4 Å². The van der Waals surface area contributed by atoms with Gasteiger partial charge in [0.1, 0.15) is 11.4 Å². The number of carbonyl (C=O) groups is 1. The molecule has 6 nitrogen and oxygen atoms in total. The van der Waals surface area contributed by atoms with E-state index in [1.165, 1.54) is 0 Å². The summed E-state index contributed by atoms with van der Waals surface area (Å²) in [4.78, 5) is 16.7. The van der Waals surface area contributed by atoms with Crippen LogP contribution in [0.1, 0.15) is 24.2 Å². The molecule has 0 saturated heterocycles. The maximum Gasteiger partial charge on any atom is 0.251 e. The van der Waals surface area contributed by atoms with Crippen molar-refractivity contribution in [3.63, 3.8) is 0 Å².